The zero-order chi connectivity index (χ0) is 14.5. The second kappa shape index (κ2) is 7.44. The van der Waals surface area contributed by atoms with Crippen molar-refractivity contribution in [2.45, 2.75) is 6.43 Å². The fourth-order valence-electron chi connectivity index (χ4n) is 1.57. The molecule has 1 amide bonds. The molecule has 0 aliphatic carbocycles. The number of amides is 1. The fraction of sp³-hybridized carbons (Fsp3) is 0.0833. The van der Waals surface area contributed by atoms with E-state index < -0.39 is 17.9 Å². The highest BCUT2D eigenvalue weighted by atomic mass is 35.5. The van der Waals surface area contributed by atoms with Gasteiger partial charge in [0.2, 0.25) is 6.41 Å². The molecule has 9 heteroatoms. The van der Waals surface area contributed by atoms with Gasteiger partial charge in [0.1, 0.15) is 17.3 Å². The molecular formula is C12H10ClF3N4O. The average Bonchev–Trinajstić information content (AvgIpc) is 2.44. The van der Waals surface area contributed by atoms with Crippen molar-refractivity contribution in [2.24, 2.45) is 0 Å². The second-order valence-electron chi connectivity index (χ2n) is 3.75. The molecule has 0 spiro atoms. The number of hydrogen-bond acceptors (Lipinski definition) is 4. The topological polar surface area (TPSA) is 66.9 Å². The zero-order valence-corrected chi connectivity index (χ0v) is 11.2. The van der Waals surface area contributed by atoms with Gasteiger partial charge >= 0.3 is 0 Å². The Kier molecular flexibility index (Phi) is 5.92. The van der Waals surface area contributed by atoms with Crippen LogP contribution in [0.4, 0.5) is 19.0 Å². The lowest BCUT2D eigenvalue weighted by atomic mass is 10.1. The maximum Gasteiger partial charge on any atom is 0.280 e. The van der Waals surface area contributed by atoms with Crippen LogP contribution in [0, 0.1) is 5.82 Å². The van der Waals surface area contributed by atoms with Gasteiger partial charge in [0.15, 0.2) is 0 Å². The maximum atomic E-state index is 13.1. The first kappa shape index (κ1) is 16.7. The second-order valence-corrected chi connectivity index (χ2v) is 3.75. The molecule has 5 nitrogen and oxygen atoms in total. The first-order valence-electron chi connectivity index (χ1n) is 5.46. The van der Waals surface area contributed by atoms with Crippen molar-refractivity contribution in [1.82, 2.24) is 15.4 Å². The number of carbonyl (C=O) groups is 1. The molecule has 0 aliphatic heterocycles. The number of halogens is 4. The number of nitrogens with one attached hydrogen (secondary N) is 2. The Balaban J connectivity index is 0.00000220. The molecule has 2 rings (SSSR count). The lowest BCUT2D eigenvalue weighted by Crippen LogP contribution is -2.20. The molecule has 2 aromatic heterocycles. The summed E-state index contributed by atoms with van der Waals surface area (Å²) in [7, 11) is 0. The number of hydrazine groups is 1. The molecule has 0 unspecified atom stereocenters. The number of carbonyl (C=O) groups excluding carboxylic acids is 1. The van der Waals surface area contributed by atoms with Gasteiger partial charge in [-0.15, -0.1) is 12.4 Å². The van der Waals surface area contributed by atoms with Gasteiger partial charge in [0, 0.05) is 11.8 Å². The highest BCUT2D eigenvalue weighted by Crippen LogP contribution is 2.26. The van der Waals surface area contributed by atoms with Crippen LogP contribution in [0.5, 0.6) is 0 Å². The highest BCUT2D eigenvalue weighted by Gasteiger charge is 2.13. The van der Waals surface area contributed by atoms with E-state index in [1.807, 2.05) is 0 Å². The molecule has 0 saturated carbocycles. The van der Waals surface area contributed by atoms with Crippen LogP contribution in [0.15, 0.2) is 30.6 Å². The van der Waals surface area contributed by atoms with E-state index in [4.69, 9.17) is 0 Å². The van der Waals surface area contributed by atoms with Crippen molar-refractivity contribution < 1.29 is 18.0 Å². The van der Waals surface area contributed by atoms with Crippen molar-refractivity contribution in [3.63, 3.8) is 0 Å². The minimum atomic E-state index is -2.80. The zero-order valence-electron chi connectivity index (χ0n) is 10.4. The molecule has 2 N–H and O–H groups in total. The summed E-state index contributed by atoms with van der Waals surface area (Å²) in [5.74, 6) is -0.576. The van der Waals surface area contributed by atoms with Crippen LogP contribution in [-0.4, -0.2) is 16.4 Å². The summed E-state index contributed by atoms with van der Waals surface area (Å²) < 4.78 is 38.7. The molecule has 0 atom stereocenters. The van der Waals surface area contributed by atoms with E-state index in [2.05, 4.69) is 20.8 Å². The number of rotatable bonds is 5. The number of hydrogen-bond donors (Lipinski definition) is 2. The largest absolute Gasteiger partial charge is 0.282 e. The third kappa shape index (κ3) is 4.32. The Morgan fingerprint density at radius 3 is 2.52 bits per heavy atom. The van der Waals surface area contributed by atoms with E-state index >= 15 is 0 Å². The average molecular weight is 319 g/mol. The Morgan fingerprint density at radius 2 is 1.90 bits per heavy atom. The summed E-state index contributed by atoms with van der Waals surface area (Å²) in [4.78, 5) is 17.5. The maximum absolute atomic E-state index is 13.1. The van der Waals surface area contributed by atoms with Gasteiger partial charge in [-0.3, -0.25) is 20.6 Å². The highest BCUT2D eigenvalue weighted by molar-refractivity contribution is 5.85. The summed E-state index contributed by atoms with van der Waals surface area (Å²) in [6, 6.07) is 3.68. The summed E-state index contributed by atoms with van der Waals surface area (Å²) in [5.41, 5.74) is 4.56. The van der Waals surface area contributed by atoms with Crippen LogP contribution >= 0.6 is 12.4 Å². The minimum absolute atomic E-state index is 0. The molecule has 21 heavy (non-hydrogen) atoms. The van der Waals surface area contributed by atoms with E-state index in [1.165, 1.54) is 12.3 Å². The van der Waals surface area contributed by atoms with E-state index in [1.54, 1.807) is 0 Å². The van der Waals surface area contributed by atoms with Crippen molar-refractivity contribution in [1.29, 1.82) is 0 Å². The van der Waals surface area contributed by atoms with Crippen molar-refractivity contribution in [2.75, 3.05) is 5.43 Å². The van der Waals surface area contributed by atoms with Gasteiger partial charge in [-0.2, -0.15) is 0 Å². The quantitative estimate of drug-likeness (QED) is 0.657. The first-order valence-corrected chi connectivity index (χ1v) is 5.46. The van der Waals surface area contributed by atoms with Gasteiger partial charge in [-0.1, -0.05) is 0 Å². The van der Waals surface area contributed by atoms with E-state index in [0.717, 1.165) is 18.3 Å². The van der Waals surface area contributed by atoms with Crippen molar-refractivity contribution >= 4 is 24.6 Å². The van der Waals surface area contributed by atoms with E-state index in [9.17, 15) is 18.0 Å². The molecule has 0 fully saturated rings. The first-order chi connectivity index (χ1) is 9.60. The Labute approximate surface area is 124 Å². The number of aromatic nitrogens is 2. The normalized spacial score (nSPS) is 9.90. The third-order valence-electron chi connectivity index (χ3n) is 2.37. The minimum Gasteiger partial charge on any atom is -0.282 e. The third-order valence-corrected chi connectivity index (χ3v) is 2.37. The molecular weight excluding hydrogens is 309 g/mol. The van der Waals surface area contributed by atoms with Crippen LogP contribution in [0.1, 0.15) is 12.1 Å². The molecule has 0 aliphatic rings. The predicted molar refractivity (Wildman–Crippen MR) is 72.5 cm³/mol. The predicted octanol–water partition coefficient (Wildman–Crippen LogP) is 2.72. The van der Waals surface area contributed by atoms with Crippen molar-refractivity contribution in [3.8, 4) is 11.1 Å². The number of alkyl halides is 2. The molecule has 0 bridgehead atoms. The molecule has 0 radical (unpaired) electrons. The number of anilines is 1. The van der Waals surface area contributed by atoms with Crippen LogP contribution < -0.4 is 10.9 Å². The van der Waals surface area contributed by atoms with Crippen LogP contribution in [0.25, 0.3) is 11.1 Å². The van der Waals surface area contributed by atoms with Gasteiger partial charge in [-0.25, -0.2) is 18.2 Å². The van der Waals surface area contributed by atoms with E-state index in [0.29, 0.717) is 17.5 Å². The summed E-state index contributed by atoms with van der Waals surface area (Å²) in [6.45, 7) is 0. The number of pyridine rings is 2. The monoisotopic (exact) mass is 318 g/mol. The van der Waals surface area contributed by atoms with E-state index in [-0.39, 0.29) is 18.2 Å². The summed E-state index contributed by atoms with van der Waals surface area (Å²) >= 11 is 0. The molecule has 0 aromatic carbocycles. The van der Waals surface area contributed by atoms with Crippen molar-refractivity contribution in [3.05, 3.63) is 42.1 Å². The lowest BCUT2D eigenvalue weighted by Gasteiger charge is -2.09. The molecule has 2 aromatic rings. The van der Waals surface area contributed by atoms with Crippen LogP contribution in [0.2, 0.25) is 0 Å². The molecule has 0 saturated heterocycles. The Bertz CT molecular complexity index is 627. The van der Waals surface area contributed by atoms with Crippen LogP contribution in [0.3, 0.4) is 0 Å². The molecule has 112 valence electrons. The fourth-order valence-corrected chi connectivity index (χ4v) is 1.57. The summed E-state index contributed by atoms with van der Waals surface area (Å²) in [5, 5.41) is 0. The van der Waals surface area contributed by atoms with Gasteiger partial charge in [-0.05, 0) is 23.8 Å². The van der Waals surface area contributed by atoms with Gasteiger partial charge in [0.25, 0.3) is 6.43 Å². The van der Waals surface area contributed by atoms with Crippen LogP contribution in [-0.2, 0) is 4.79 Å². The Hall–Kier alpha value is -2.35. The lowest BCUT2D eigenvalue weighted by molar-refractivity contribution is -0.109. The number of nitrogens with zero attached hydrogens (tertiary/aromatic N) is 2. The summed E-state index contributed by atoms with van der Waals surface area (Å²) in [6.07, 6.45) is -0.121. The SMILES string of the molecule is Cl.O=CNNc1cc(-c2cncc(F)c2)cc(C(F)F)n1. The molecule has 2 heterocycles. The Morgan fingerprint density at radius 1 is 1.14 bits per heavy atom. The van der Waals surface area contributed by atoms with Gasteiger partial charge < -0.3 is 0 Å². The standard InChI is InChI=1S/C12H9F3N4O.ClH/c13-9-1-8(4-16-5-9)7-2-10(12(14)15)18-11(3-7)19-17-6-20;/h1-6,12H,(H,17,20)(H,18,19);1H. The van der Waals surface area contributed by atoms with Gasteiger partial charge in [0.05, 0.1) is 6.20 Å². The smallest absolute Gasteiger partial charge is 0.280 e.